The molecule has 7 nitrogen and oxygen atoms in total. The number of urea groups is 1. The number of thioether (sulfide) groups is 1. The average molecular weight is 312 g/mol. The third-order valence-electron chi connectivity index (χ3n) is 2.63. The van der Waals surface area contributed by atoms with Crippen molar-refractivity contribution < 1.29 is 9.59 Å². The predicted molar refractivity (Wildman–Crippen MR) is 81.1 cm³/mol. The number of carbonyl (C=O) groups excluding carboxylic acids is 2. The highest BCUT2D eigenvalue weighted by Crippen LogP contribution is 2.25. The summed E-state index contributed by atoms with van der Waals surface area (Å²) in [6.45, 7) is 5.67. The number of rotatable bonds is 6. The number of aromatic nitrogens is 2. The number of imide groups is 1. The molecule has 1 heterocycles. The Morgan fingerprint density at radius 2 is 2.14 bits per heavy atom. The summed E-state index contributed by atoms with van der Waals surface area (Å²) in [6, 6.07) is 0.550. The summed E-state index contributed by atoms with van der Waals surface area (Å²) in [6.07, 6.45) is 1.56. The van der Waals surface area contributed by atoms with Crippen LogP contribution in [0.25, 0.3) is 0 Å². The van der Waals surface area contributed by atoms with Crippen LogP contribution in [0.2, 0.25) is 0 Å². The number of H-pyrrole nitrogens is 1. The van der Waals surface area contributed by atoms with Gasteiger partial charge in [-0.15, -0.1) is 0 Å². The van der Waals surface area contributed by atoms with Crippen molar-refractivity contribution in [3.63, 3.8) is 0 Å². The van der Waals surface area contributed by atoms with Gasteiger partial charge in [-0.1, -0.05) is 39.0 Å². The van der Waals surface area contributed by atoms with Crippen LogP contribution < -0.4 is 16.6 Å². The van der Waals surface area contributed by atoms with Crippen molar-refractivity contribution in [1.29, 1.82) is 0 Å². The normalized spacial score (nSPS) is 12.2. The van der Waals surface area contributed by atoms with E-state index >= 15 is 0 Å². The van der Waals surface area contributed by atoms with Crippen molar-refractivity contribution in [2.45, 2.75) is 44.0 Å². The Hall–Kier alpha value is -1.83. The van der Waals surface area contributed by atoms with E-state index in [2.05, 4.69) is 15.3 Å². The molecule has 0 radical (unpaired) electrons. The van der Waals surface area contributed by atoms with E-state index in [0.717, 1.165) is 18.2 Å². The molecule has 3 amide bonds. The number of nitrogens with two attached hydrogens (primary N) is 1. The number of hydrogen-bond donors (Lipinski definition) is 3. The average Bonchev–Trinajstić information content (AvgIpc) is 2.34. The van der Waals surface area contributed by atoms with Crippen molar-refractivity contribution in [3.8, 4) is 0 Å². The Morgan fingerprint density at radius 1 is 1.48 bits per heavy atom. The Bertz CT molecular complexity index is 571. The molecular formula is C13H20N4O3S. The molecule has 0 unspecified atom stereocenters. The summed E-state index contributed by atoms with van der Waals surface area (Å²) in [7, 11) is 0. The van der Waals surface area contributed by atoms with Crippen LogP contribution in [0.15, 0.2) is 16.0 Å². The number of nitrogens with zero attached hydrogens (tertiary/aromatic N) is 1. The number of primary amides is 1. The third-order valence-corrected chi connectivity index (χ3v) is 4.06. The van der Waals surface area contributed by atoms with Crippen LogP contribution in [-0.2, 0) is 11.2 Å². The first kappa shape index (κ1) is 17.2. The third kappa shape index (κ3) is 5.58. The van der Waals surface area contributed by atoms with Crippen molar-refractivity contribution in [2.75, 3.05) is 0 Å². The Morgan fingerprint density at radius 3 is 2.67 bits per heavy atom. The van der Waals surface area contributed by atoms with E-state index in [9.17, 15) is 14.4 Å². The minimum absolute atomic E-state index is 0.0607. The number of hydrogen-bond acceptors (Lipinski definition) is 5. The van der Waals surface area contributed by atoms with E-state index in [1.54, 1.807) is 0 Å². The maximum atomic E-state index is 11.9. The number of nitrogens with one attached hydrogen (secondary N) is 2. The topological polar surface area (TPSA) is 118 Å². The van der Waals surface area contributed by atoms with Gasteiger partial charge in [-0.2, -0.15) is 0 Å². The first-order valence-corrected chi connectivity index (χ1v) is 7.58. The zero-order chi connectivity index (χ0) is 16.0. The summed E-state index contributed by atoms with van der Waals surface area (Å²) in [5.41, 5.74) is 5.39. The largest absolute Gasteiger partial charge is 0.351 e. The second-order valence-corrected chi connectivity index (χ2v) is 6.06. The second kappa shape index (κ2) is 7.82. The molecule has 0 aliphatic heterocycles. The quantitative estimate of drug-likeness (QED) is 0.535. The summed E-state index contributed by atoms with van der Waals surface area (Å²) in [4.78, 5) is 41.3. The number of amides is 3. The highest BCUT2D eigenvalue weighted by Gasteiger charge is 2.25. The first-order chi connectivity index (χ1) is 9.83. The van der Waals surface area contributed by atoms with Gasteiger partial charge in [0.2, 0.25) is 5.91 Å². The molecule has 0 spiro atoms. The minimum Gasteiger partial charge on any atom is -0.351 e. The standard InChI is InChI=1S/C13H20N4O3S/c1-4-5-8-6-9(18)16-13(15-8)21-10(7(2)3)11(19)17-12(14)20/h6-7,10H,4-5H2,1-3H3,(H,15,16,18)(H3,14,17,19,20)/t10-/m0/s1. The van der Waals surface area contributed by atoms with Gasteiger partial charge in [0.25, 0.3) is 5.56 Å². The molecule has 4 N–H and O–H groups in total. The molecule has 0 bridgehead atoms. The lowest BCUT2D eigenvalue weighted by Gasteiger charge is -2.18. The lowest BCUT2D eigenvalue weighted by molar-refractivity contribution is -0.120. The molecule has 0 aliphatic carbocycles. The van der Waals surface area contributed by atoms with Crippen LogP contribution in [0.4, 0.5) is 4.79 Å². The summed E-state index contributed by atoms with van der Waals surface area (Å²) < 4.78 is 0. The van der Waals surface area contributed by atoms with Crippen molar-refractivity contribution in [2.24, 2.45) is 11.7 Å². The van der Waals surface area contributed by atoms with Crippen LogP contribution in [0.1, 0.15) is 32.9 Å². The lowest BCUT2D eigenvalue weighted by atomic mass is 10.1. The van der Waals surface area contributed by atoms with E-state index in [0.29, 0.717) is 17.3 Å². The van der Waals surface area contributed by atoms with Gasteiger partial charge >= 0.3 is 6.03 Å². The van der Waals surface area contributed by atoms with E-state index in [-0.39, 0.29) is 11.5 Å². The molecule has 0 aromatic carbocycles. The van der Waals surface area contributed by atoms with Gasteiger partial charge < -0.3 is 10.7 Å². The molecule has 1 aromatic heterocycles. The fourth-order valence-corrected chi connectivity index (χ4v) is 2.74. The molecule has 0 fully saturated rings. The molecule has 21 heavy (non-hydrogen) atoms. The van der Waals surface area contributed by atoms with E-state index in [4.69, 9.17) is 5.73 Å². The number of carbonyl (C=O) groups is 2. The van der Waals surface area contributed by atoms with Crippen LogP contribution in [0.3, 0.4) is 0 Å². The van der Waals surface area contributed by atoms with E-state index < -0.39 is 17.2 Å². The summed E-state index contributed by atoms with van der Waals surface area (Å²) in [5, 5.41) is 1.85. The van der Waals surface area contributed by atoms with Gasteiger partial charge in [-0.3, -0.25) is 14.9 Å². The smallest absolute Gasteiger partial charge is 0.318 e. The molecule has 0 aliphatic rings. The summed E-state index contributed by atoms with van der Waals surface area (Å²) in [5.74, 6) is -0.555. The second-order valence-electron chi connectivity index (χ2n) is 4.93. The van der Waals surface area contributed by atoms with E-state index in [1.807, 2.05) is 20.8 Å². The molecular weight excluding hydrogens is 292 g/mol. The Labute approximate surface area is 127 Å². The molecule has 1 aromatic rings. The van der Waals surface area contributed by atoms with Crippen LogP contribution in [-0.4, -0.2) is 27.2 Å². The van der Waals surface area contributed by atoms with Crippen LogP contribution in [0, 0.1) is 5.92 Å². The minimum atomic E-state index is -0.896. The molecule has 0 saturated carbocycles. The van der Waals surface area contributed by atoms with Crippen molar-refractivity contribution >= 4 is 23.7 Å². The van der Waals surface area contributed by atoms with Gasteiger partial charge in [0.05, 0.1) is 5.25 Å². The SMILES string of the molecule is CCCc1cc(=O)[nH]c(S[C@H](C(=O)NC(N)=O)C(C)C)n1. The monoisotopic (exact) mass is 312 g/mol. The first-order valence-electron chi connectivity index (χ1n) is 6.70. The molecule has 8 heteroatoms. The fourth-order valence-electron chi connectivity index (χ4n) is 1.73. The highest BCUT2D eigenvalue weighted by atomic mass is 32.2. The molecule has 0 saturated heterocycles. The van der Waals surface area contributed by atoms with E-state index in [1.165, 1.54) is 6.07 Å². The van der Waals surface area contributed by atoms with Gasteiger partial charge in [0.1, 0.15) is 0 Å². The van der Waals surface area contributed by atoms with Gasteiger partial charge in [-0.05, 0) is 12.3 Å². The summed E-state index contributed by atoms with van der Waals surface area (Å²) >= 11 is 1.11. The van der Waals surface area contributed by atoms with Crippen molar-refractivity contribution in [1.82, 2.24) is 15.3 Å². The van der Waals surface area contributed by atoms with Gasteiger partial charge in [0.15, 0.2) is 5.16 Å². The molecule has 116 valence electrons. The molecule has 1 rings (SSSR count). The Kier molecular flexibility index (Phi) is 6.41. The van der Waals surface area contributed by atoms with Crippen LogP contribution in [0.5, 0.6) is 0 Å². The number of aryl methyl sites for hydroxylation is 1. The van der Waals surface area contributed by atoms with Crippen molar-refractivity contribution in [3.05, 3.63) is 22.1 Å². The predicted octanol–water partition coefficient (Wildman–Crippen LogP) is 1.03. The number of aromatic amines is 1. The lowest BCUT2D eigenvalue weighted by Crippen LogP contribution is -2.42. The fraction of sp³-hybridized carbons (Fsp3) is 0.538. The van der Waals surface area contributed by atoms with Gasteiger partial charge in [0, 0.05) is 11.8 Å². The van der Waals surface area contributed by atoms with Crippen LogP contribution >= 0.6 is 11.8 Å². The maximum absolute atomic E-state index is 11.9. The van der Waals surface area contributed by atoms with Gasteiger partial charge in [-0.25, -0.2) is 9.78 Å². The molecule has 1 atom stereocenters. The highest BCUT2D eigenvalue weighted by molar-refractivity contribution is 8.00. The zero-order valence-electron chi connectivity index (χ0n) is 12.3. The zero-order valence-corrected chi connectivity index (χ0v) is 13.1. The maximum Gasteiger partial charge on any atom is 0.318 e. The Balaban J connectivity index is 2.96.